The number of pyridine rings is 1. The Morgan fingerprint density at radius 2 is 2.10 bits per heavy atom. The molecule has 1 atom stereocenters. The largest absolute Gasteiger partial charge is 0.488 e. The lowest BCUT2D eigenvalue weighted by atomic mass is 10.3. The van der Waals surface area contributed by atoms with Crippen molar-refractivity contribution in [3.63, 3.8) is 0 Å². The van der Waals surface area contributed by atoms with Gasteiger partial charge in [0.15, 0.2) is 11.5 Å². The second kappa shape index (κ2) is 5.01. The number of imidazole rings is 1. The van der Waals surface area contributed by atoms with Crippen LogP contribution in [-0.2, 0) is 0 Å². The topological polar surface area (TPSA) is 79.8 Å². The van der Waals surface area contributed by atoms with E-state index in [1.807, 2.05) is 12.1 Å². The van der Waals surface area contributed by atoms with Gasteiger partial charge in [-0.15, -0.1) is 0 Å². The minimum atomic E-state index is 0.153. The van der Waals surface area contributed by atoms with Gasteiger partial charge in [0, 0.05) is 25.4 Å². The molecule has 0 aliphatic carbocycles. The van der Waals surface area contributed by atoms with Gasteiger partial charge in [0.25, 0.3) is 0 Å². The molecule has 21 heavy (non-hydrogen) atoms. The number of hydrogen-bond acceptors (Lipinski definition) is 6. The fourth-order valence-electron chi connectivity index (χ4n) is 2.62. The standard InChI is InChI=1S/C14H14N6O/c1-4-15-5-2-10(1)21-11-3-6-20(7-11)14-12-13(17-8-16-12)18-9-19-14/h1-2,4-5,8-9,11H,3,6-7H2,(H,16,17,18,19)/t11-/m1/s1. The zero-order valence-corrected chi connectivity index (χ0v) is 11.3. The van der Waals surface area contributed by atoms with Crippen LogP contribution in [0.2, 0.25) is 0 Å². The van der Waals surface area contributed by atoms with E-state index in [4.69, 9.17) is 4.74 Å². The molecule has 1 aliphatic heterocycles. The van der Waals surface area contributed by atoms with Gasteiger partial charge >= 0.3 is 0 Å². The number of ether oxygens (including phenoxy) is 1. The number of fused-ring (bicyclic) bond motifs is 1. The predicted molar refractivity (Wildman–Crippen MR) is 77.2 cm³/mol. The summed E-state index contributed by atoms with van der Waals surface area (Å²) in [6.07, 6.45) is 7.78. The lowest BCUT2D eigenvalue weighted by Gasteiger charge is -2.18. The maximum absolute atomic E-state index is 5.97. The minimum absolute atomic E-state index is 0.153. The van der Waals surface area contributed by atoms with Crippen molar-refractivity contribution < 1.29 is 4.74 Å². The van der Waals surface area contributed by atoms with Crippen molar-refractivity contribution in [2.75, 3.05) is 18.0 Å². The van der Waals surface area contributed by atoms with Crippen LogP contribution in [0.1, 0.15) is 6.42 Å². The molecular weight excluding hydrogens is 268 g/mol. The summed E-state index contributed by atoms with van der Waals surface area (Å²) in [5, 5.41) is 0. The summed E-state index contributed by atoms with van der Waals surface area (Å²) in [5.41, 5.74) is 1.57. The van der Waals surface area contributed by atoms with Crippen LogP contribution >= 0.6 is 0 Å². The summed E-state index contributed by atoms with van der Waals surface area (Å²) in [4.78, 5) is 22.0. The number of aromatic amines is 1. The Kier molecular flexibility index (Phi) is 2.88. The van der Waals surface area contributed by atoms with E-state index in [0.29, 0.717) is 5.65 Å². The summed E-state index contributed by atoms with van der Waals surface area (Å²) in [6, 6.07) is 3.75. The molecule has 7 nitrogen and oxygen atoms in total. The molecule has 4 rings (SSSR count). The van der Waals surface area contributed by atoms with Gasteiger partial charge in [-0.25, -0.2) is 15.0 Å². The van der Waals surface area contributed by atoms with E-state index in [2.05, 4.69) is 29.8 Å². The molecule has 0 spiro atoms. The predicted octanol–water partition coefficient (Wildman–Crippen LogP) is 1.41. The van der Waals surface area contributed by atoms with Crippen molar-refractivity contribution in [2.24, 2.45) is 0 Å². The minimum Gasteiger partial charge on any atom is -0.488 e. The first-order valence-electron chi connectivity index (χ1n) is 6.86. The highest BCUT2D eigenvalue weighted by molar-refractivity contribution is 5.82. The Labute approximate surface area is 121 Å². The first-order valence-corrected chi connectivity index (χ1v) is 6.86. The number of anilines is 1. The molecule has 3 aromatic rings. The number of H-pyrrole nitrogens is 1. The van der Waals surface area contributed by atoms with E-state index in [1.165, 1.54) is 0 Å². The van der Waals surface area contributed by atoms with Gasteiger partial charge in [0.2, 0.25) is 0 Å². The van der Waals surface area contributed by atoms with Crippen molar-refractivity contribution in [3.8, 4) is 5.75 Å². The van der Waals surface area contributed by atoms with Crippen LogP contribution in [0.25, 0.3) is 11.2 Å². The third kappa shape index (κ3) is 2.26. The Bertz CT molecular complexity index is 743. The zero-order chi connectivity index (χ0) is 14.1. The molecule has 0 radical (unpaired) electrons. The molecule has 106 valence electrons. The maximum Gasteiger partial charge on any atom is 0.182 e. The van der Waals surface area contributed by atoms with Crippen LogP contribution in [0.3, 0.4) is 0 Å². The van der Waals surface area contributed by atoms with Crippen LogP contribution in [0.5, 0.6) is 5.75 Å². The van der Waals surface area contributed by atoms with Gasteiger partial charge in [-0.1, -0.05) is 0 Å². The van der Waals surface area contributed by atoms with E-state index in [-0.39, 0.29) is 6.10 Å². The zero-order valence-electron chi connectivity index (χ0n) is 11.3. The quantitative estimate of drug-likeness (QED) is 0.782. The van der Waals surface area contributed by atoms with E-state index in [1.54, 1.807) is 25.0 Å². The van der Waals surface area contributed by atoms with Crippen molar-refractivity contribution in [1.29, 1.82) is 0 Å². The van der Waals surface area contributed by atoms with Gasteiger partial charge in [-0.2, -0.15) is 0 Å². The SMILES string of the molecule is c1cc(O[C@@H]2CCN(c3ncnc4nc[nH]c34)C2)ccn1. The average Bonchev–Trinajstić information content (AvgIpc) is 3.16. The molecule has 1 fully saturated rings. The van der Waals surface area contributed by atoms with Crippen LogP contribution < -0.4 is 9.64 Å². The fourth-order valence-corrected chi connectivity index (χ4v) is 2.62. The molecule has 7 heteroatoms. The molecule has 0 amide bonds. The van der Waals surface area contributed by atoms with Crippen molar-refractivity contribution in [2.45, 2.75) is 12.5 Å². The Morgan fingerprint density at radius 3 is 3.00 bits per heavy atom. The lowest BCUT2D eigenvalue weighted by Crippen LogP contribution is -2.25. The van der Waals surface area contributed by atoms with Crippen molar-refractivity contribution in [3.05, 3.63) is 37.2 Å². The van der Waals surface area contributed by atoms with E-state index >= 15 is 0 Å². The Hall–Kier alpha value is -2.70. The molecule has 1 saturated heterocycles. The number of nitrogens with one attached hydrogen (secondary N) is 1. The van der Waals surface area contributed by atoms with Gasteiger partial charge < -0.3 is 14.6 Å². The van der Waals surface area contributed by atoms with E-state index < -0.39 is 0 Å². The second-order valence-electron chi connectivity index (χ2n) is 4.96. The molecule has 3 aromatic heterocycles. The third-order valence-electron chi connectivity index (χ3n) is 3.60. The number of rotatable bonds is 3. The van der Waals surface area contributed by atoms with Gasteiger partial charge in [0.1, 0.15) is 23.7 Å². The van der Waals surface area contributed by atoms with Gasteiger partial charge in [0.05, 0.1) is 12.9 Å². The van der Waals surface area contributed by atoms with Crippen LogP contribution in [0.4, 0.5) is 5.82 Å². The van der Waals surface area contributed by atoms with Gasteiger partial charge in [-0.05, 0) is 12.1 Å². The summed E-state index contributed by atoms with van der Waals surface area (Å²) < 4.78 is 5.97. The molecule has 0 unspecified atom stereocenters. The maximum atomic E-state index is 5.97. The smallest absolute Gasteiger partial charge is 0.182 e. The van der Waals surface area contributed by atoms with Crippen molar-refractivity contribution in [1.82, 2.24) is 24.9 Å². The first-order chi connectivity index (χ1) is 10.4. The number of hydrogen-bond donors (Lipinski definition) is 1. The Morgan fingerprint density at radius 1 is 1.19 bits per heavy atom. The third-order valence-corrected chi connectivity index (χ3v) is 3.60. The molecule has 0 bridgehead atoms. The monoisotopic (exact) mass is 282 g/mol. The average molecular weight is 282 g/mol. The second-order valence-corrected chi connectivity index (χ2v) is 4.96. The van der Waals surface area contributed by atoms with E-state index in [0.717, 1.165) is 36.6 Å². The number of nitrogens with zero attached hydrogens (tertiary/aromatic N) is 5. The highest BCUT2D eigenvalue weighted by Gasteiger charge is 2.26. The van der Waals surface area contributed by atoms with Crippen LogP contribution in [0.15, 0.2) is 37.2 Å². The summed E-state index contributed by atoms with van der Waals surface area (Å²) in [5.74, 6) is 1.74. The molecule has 0 aromatic carbocycles. The fraction of sp³-hybridized carbons (Fsp3) is 0.286. The van der Waals surface area contributed by atoms with Crippen molar-refractivity contribution >= 4 is 17.0 Å². The molecular formula is C14H14N6O. The summed E-state index contributed by atoms with van der Waals surface area (Å²) in [7, 11) is 0. The highest BCUT2D eigenvalue weighted by atomic mass is 16.5. The molecule has 0 saturated carbocycles. The lowest BCUT2D eigenvalue weighted by molar-refractivity contribution is 0.224. The van der Waals surface area contributed by atoms with Gasteiger partial charge in [-0.3, -0.25) is 4.98 Å². The molecule has 1 aliphatic rings. The van der Waals surface area contributed by atoms with E-state index in [9.17, 15) is 0 Å². The number of aromatic nitrogens is 5. The summed E-state index contributed by atoms with van der Waals surface area (Å²) >= 11 is 0. The normalized spacial score (nSPS) is 18.3. The van der Waals surface area contributed by atoms with Crippen LogP contribution in [0, 0.1) is 0 Å². The molecule has 4 heterocycles. The Balaban J connectivity index is 1.52. The summed E-state index contributed by atoms with van der Waals surface area (Å²) in [6.45, 7) is 1.70. The first kappa shape index (κ1) is 12.1. The molecule has 1 N–H and O–H groups in total. The van der Waals surface area contributed by atoms with Crippen LogP contribution in [-0.4, -0.2) is 44.1 Å². The highest BCUT2D eigenvalue weighted by Crippen LogP contribution is 2.25.